The molecule has 0 unspecified atom stereocenters. The van der Waals surface area contributed by atoms with E-state index in [1.165, 1.54) is 6.07 Å². The molecule has 2 heterocycles. The van der Waals surface area contributed by atoms with Gasteiger partial charge in [0, 0.05) is 30.2 Å². The first kappa shape index (κ1) is 16.6. The lowest BCUT2D eigenvalue weighted by atomic mass is 10.1. The number of carbonyl (C=O) groups excluding carboxylic acids is 1. The van der Waals surface area contributed by atoms with Crippen LogP contribution < -0.4 is 4.90 Å². The maximum absolute atomic E-state index is 14.2. The Balaban J connectivity index is 2.06. The van der Waals surface area contributed by atoms with Crippen LogP contribution in [0.1, 0.15) is 43.1 Å². The van der Waals surface area contributed by atoms with Crippen LogP contribution in [0.25, 0.3) is 10.9 Å². The van der Waals surface area contributed by atoms with E-state index in [2.05, 4.69) is 4.98 Å². The lowest BCUT2D eigenvalue weighted by molar-refractivity contribution is 0.0493. The number of rotatable bonds is 5. The van der Waals surface area contributed by atoms with Crippen molar-refractivity contribution in [3.8, 4) is 0 Å². The Hall–Kier alpha value is -2.24. The summed E-state index contributed by atoms with van der Waals surface area (Å²) in [5.41, 5.74) is 0.701. The molecule has 1 saturated heterocycles. The Morgan fingerprint density at radius 2 is 2.00 bits per heavy atom. The molecule has 128 valence electrons. The molecule has 1 fully saturated rings. The van der Waals surface area contributed by atoms with Crippen LogP contribution in [-0.2, 0) is 4.74 Å². The van der Waals surface area contributed by atoms with Gasteiger partial charge in [-0.25, -0.2) is 18.6 Å². The summed E-state index contributed by atoms with van der Waals surface area (Å²) < 4.78 is 33.0. The molecule has 24 heavy (non-hydrogen) atoms. The van der Waals surface area contributed by atoms with Crippen LogP contribution in [-0.4, -0.2) is 30.6 Å². The van der Waals surface area contributed by atoms with E-state index in [-0.39, 0.29) is 11.2 Å². The lowest BCUT2D eigenvalue weighted by Gasteiger charge is -2.20. The average molecular weight is 334 g/mol. The number of hydrogen-bond acceptors (Lipinski definition) is 4. The van der Waals surface area contributed by atoms with Gasteiger partial charge in [0.1, 0.15) is 11.3 Å². The Kier molecular flexibility index (Phi) is 4.92. The van der Waals surface area contributed by atoms with E-state index < -0.39 is 17.6 Å². The number of fused-ring (bicyclic) bond motifs is 1. The fourth-order valence-electron chi connectivity index (χ4n) is 2.94. The first-order valence-electron chi connectivity index (χ1n) is 8.32. The minimum Gasteiger partial charge on any atom is -0.461 e. The molecule has 0 amide bonds. The highest BCUT2D eigenvalue weighted by atomic mass is 19.1. The molecule has 0 atom stereocenters. The summed E-state index contributed by atoms with van der Waals surface area (Å²) in [6.07, 6.45) is 3.69. The van der Waals surface area contributed by atoms with Gasteiger partial charge in [0.2, 0.25) is 0 Å². The topological polar surface area (TPSA) is 42.4 Å². The predicted octanol–water partition coefficient (Wildman–Crippen LogP) is 4.07. The molecular formula is C18H20F2N2O2. The monoisotopic (exact) mass is 334 g/mol. The summed E-state index contributed by atoms with van der Waals surface area (Å²) in [6, 6.07) is 3.64. The molecule has 0 N–H and O–H groups in total. The SMILES string of the molecule is CCCCOC(=O)c1cc(N2CCCC2)c2cc(F)cc(F)c2n1. The third kappa shape index (κ3) is 3.32. The van der Waals surface area contributed by atoms with Crippen LogP contribution in [0.2, 0.25) is 0 Å². The maximum Gasteiger partial charge on any atom is 0.357 e. The molecule has 0 bridgehead atoms. The van der Waals surface area contributed by atoms with E-state index in [4.69, 9.17) is 4.74 Å². The Morgan fingerprint density at radius 3 is 2.71 bits per heavy atom. The number of pyridine rings is 1. The van der Waals surface area contributed by atoms with Gasteiger partial charge in [-0.3, -0.25) is 0 Å². The molecular weight excluding hydrogens is 314 g/mol. The lowest BCUT2D eigenvalue weighted by Crippen LogP contribution is -2.19. The van der Waals surface area contributed by atoms with Gasteiger partial charge < -0.3 is 9.64 Å². The molecule has 0 aliphatic carbocycles. The summed E-state index contributed by atoms with van der Waals surface area (Å²) in [5, 5.41) is 0.388. The number of esters is 1. The summed E-state index contributed by atoms with van der Waals surface area (Å²) in [6.45, 7) is 3.89. The predicted molar refractivity (Wildman–Crippen MR) is 88.3 cm³/mol. The van der Waals surface area contributed by atoms with E-state index in [1.54, 1.807) is 6.07 Å². The van der Waals surface area contributed by atoms with E-state index in [1.807, 2.05) is 11.8 Å². The van der Waals surface area contributed by atoms with Gasteiger partial charge in [-0.1, -0.05) is 13.3 Å². The van der Waals surface area contributed by atoms with Crippen molar-refractivity contribution < 1.29 is 18.3 Å². The molecule has 1 aliphatic heterocycles. The molecule has 1 aromatic carbocycles. The van der Waals surface area contributed by atoms with Crippen LogP contribution in [0.4, 0.5) is 14.5 Å². The molecule has 0 radical (unpaired) electrons. The van der Waals surface area contributed by atoms with Gasteiger partial charge in [-0.15, -0.1) is 0 Å². The molecule has 0 saturated carbocycles. The smallest absolute Gasteiger partial charge is 0.357 e. The highest BCUT2D eigenvalue weighted by molar-refractivity contribution is 5.98. The van der Waals surface area contributed by atoms with Crippen LogP contribution in [0.15, 0.2) is 18.2 Å². The van der Waals surface area contributed by atoms with E-state index in [9.17, 15) is 13.6 Å². The second-order valence-electron chi connectivity index (χ2n) is 5.99. The summed E-state index contributed by atoms with van der Waals surface area (Å²) in [4.78, 5) is 18.3. The first-order chi connectivity index (χ1) is 11.6. The van der Waals surface area contributed by atoms with Crippen LogP contribution in [0, 0.1) is 11.6 Å². The maximum atomic E-state index is 14.2. The Labute approximate surface area is 139 Å². The minimum atomic E-state index is -0.770. The van der Waals surface area contributed by atoms with E-state index in [0.29, 0.717) is 17.7 Å². The molecule has 0 spiro atoms. The number of halogens is 2. The Bertz CT molecular complexity index is 758. The molecule has 4 nitrogen and oxygen atoms in total. The third-order valence-electron chi connectivity index (χ3n) is 4.20. The third-order valence-corrected chi connectivity index (χ3v) is 4.20. The Morgan fingerprint density at radius 1 is 1.25 bits per heavy atom. The van der Waals surface area contributed by atoms with Gasteiger partial charge in [-0.05, 0) is 31.4 Å². The molecule has 1 aliphatic rings. The number of carbonyl (C=O) groups is 1. The molecule has 3 rings (SSSR count). The molecule has 6 heteroatoms. The van der Waals surface area contributed by atoms with Crippen molar-refractivity contribution in [2.45, 2.75) is 32.6 Å². The molecule has 2 aromatic rings. The summed E-state index contributed by atoms with van der Waals surface area (Å²) in [5.74, 6) is -2.00. The number of ether oxygens (including phenoxy) is 1. The highest BCUT2D eigenvalue weighted by Crippen LogP contribution is 2.31. The zero-order valence-electron chi connectivity index (χ0n) is 13.6. The number of hydrogen-bond donors (Lipinski definition) is 0. The zero-order chi connectivity index (χ0) is 17.1. The second kappa shape index (κ2) is 7.11. The van der Waals surface area contributed by atoms with Gasteiger partial charge in [-0.2, -0.15) is 0 Å². The van der Waals surface area contributed by atoms with Crippen molar-refractivity contribution in [1.82, 2.24) is 4.98 Å². The van der Waals surface area contributed by atoms with Gasteiger partial charge >= 0.3 is 5.97 Å². The van der Waals surface area contributed by atoms with Crippen molar-refractivity contribution in [1.29, 1.82) is 0 Å². The van der Waals surface area contributed by atoms with Crippen LogP contribution >= 0.6 is 0 Å². The van der Waals surface area contributed by atoms with Crippen molar-refractivity contribution in [2.75, 3.05) is 24.6 Å². The van der Waals surface area contributed by atoms with Crippen LogP contribution in [0.5, 0.6) is 0 Å². The fraction of sp³-hybridized carbons (Fsp3) is 0.444. The van der Waals surface area contributed by atoms with Gasteiger partial charge in [0.15, 0.2) is 11.5 Å². The summed E-state index contributed by atoms with van der Waals surface area (Å²) >= 11 is 0. The number of benzene rings is 1. The number of aromatic nitrogens is 1. The minimum absolute atomic E-state index is 0.00300. The van der Waals surface area contributed by atoms with E-state index in [0.717, 1.165) is 44.8 Å². The van der Waals surface area contributed by atoms with Crippen molar-refractivity contribution in [2.24, 2.45) is 0 Å². The number of anilines is 1. The van der Waals surface area contributed by atoms with Gasteiger partial charge in [0.25, 0.3) is 0 Å². The molecule has 1 aromatic heterocycles. The average Bonchev–Trinajstić information content (AvgIpc) is 3.08. The largest absolute Gasteiger partial charge is 0.461 e. The summed E-state index contributed by atoms with van der Waals surface area (Å²) in [7, 11) is 0. The van der Waals surface area contributed by atoms with Gasteiger partial charge in [0.05, 0.1) is 6.61 Å². The fourth-order valence-corrected chi connectivity index (χ4v) is 2.94. The quantitative estimate of drug-likeness (QED) is 0.611. The van der Waals surface area contributed by atoms with Crippen LogP contribution in [0.3, 0.4) is 0 Å². The number of unbranched alkanes of at least 4 members (excludes halogenated alkanes) is 1. The number of nitrogens with zero attached hydrogens (tertiary/aromatic N) is 2. The normalized spacial score (nSPS) is 14.4. The highest BCUT2D eigenvalue weighted by Gasteiger charge is 2.21. The zero-order valence-corrected chi connectivity index (χ0v) is 13.6. The van der Waals surface area contributed by atoms with E-state index >= 15 is 0 Å². The van der Waals surface area contributed by atoms with Crippen molar-refractivity contribution in [3.63, 3.8) is 0 Å². The second-order valence-corrected chi connectivity index (χ2v) is 5.99. The first-order valence-corrected chi connectivity index (χ1v) is 8.32. The standard InChI is InChI=1S/C18H20F2N2O2/c1-2-3-8-24-18(23)15-11-16(22-6-4-5-7-22)13-9-12(19)10-14(20)17(13)21-15/h9-11H,2-8H2,1H3. The van der Waals surface area contributed by atoms with Crippen molar-refractivity contribution >= 4 is 22.6 Å². The van der Waals surface area contributed by atoms with Crippen molar-refractivity contribution in [3.05, 3.63) is 35.5 Å².